The molecule has 0 heterocycles. The number of nitrogens with one attached hydrogen (secondary N) is 2. The van der Waals surface area contributed by atoms with Crippen LogP contribution in [0.1, 0.15) is 5.56 Å². The molecule has 0 bridgehead atoms. The molecule has 0 aliphatic rings. The minimum Gasteiger partial charge on any atom is -0.380 e. The molecule has 1 rings (SSSR count). The average Bonchev–Trinajstić information content (AvgIpc) is 2.27. The summed E-state index contributed by atoms with van der Waals surface area (Å²) in [6.07, 6.45) is 0. The number of ether oxygens (including phenoxy) is 1. The van der Waals surface area contributed by atoms with Crippen LogP contribution in [0.3, 0.4) is 0 Å². The fourth-order valence-electron chi connectivity index (χ4n) is 1.21. The molecule has 0 fully saturated rings. The summed E-state index contributed by atoms with van der Waals surface area (Å²) < 4.78 is 5.02. The highest BCUT2D eigenvalue weighted by atomic mass is 16.5. The van der Waals surface area contributed by atoms with Crippen LogP contribution in [-0.2, 0) is 16.1 Å². The minimum absolute atomic E-state index is 0.0351. The van der Waals surface area contributed by atoms with E-state index in [-0.39, 0.29) is 12.5 Å². The van der Waals surface area contributed by atoms with Gasteiger partial charge in [0.05, 0.1) is 13.2 Å². The zero-order valence-corrected chi connectivity index (χ0v) is 9.04. The quantitative estimate of drug-likeness (QED) is 0.758. The first-order valence-electron chi connectivity index (χ1n) is 4.78. The third-order valence-corrected chi connectivity index (χ3v) is 1.97. The predicted molar refractivity (Wildman–Crippen MR) is 59.7 cm³/mol. The lowest BCUT2D eigenvalue weighted by Crippen LogP contribution is -2.26. The number of carbonyl (C=O) groups excluding carboxylic acids is 1. The van der Waals surface area contributed by atoms with Gasteiger partial charge in [0, 0.05) is 19.8 Å². The number of methoxy groups -OCH3 is 1. The molecule has 0 spiro atoms. The molecule has 0 aliphatic carbocycles. The SMILES string of the molecule is CNC(=O)CNc1cccc(COC)c1. The maximum atomic E-state index is 11.0. The zero-order valence-electron chi connectivity index (χ0n) is 9.04. The van der Waals surface area contributed by atoms with E-state index < -0.39 is 0 Å². The van der Waals surface area contributed by atoms with Crippen molar-refractivity contribution in [2.24, 2.45) is 0 Å². The normalized spacial score (nSPS) is 9.73. The fourth-order valence-corrected chi connectivity index (χ4v) is 1.21. The Bertz CT molecular complexity index is 326. The number of hydrogen-bond acceptors (Lipinski definition) is 3. The molecule has 1 amide bonds. The van der Waals surface area contributed by atoms with E-state index in [0.29, 0.717) is 6.61 Å². The smallest absolute Gasteiger partial charge is 0.239 e. The fraction of sp³-hybridized carbons (Fsp3) is 0.364. The summed E-state index contributed by atoms with van der Waals surface area (Å²) in [5.74, 6) is -0.0351. The van der Waals surface area contributed by atoms with Crippen LogP contribution in [-0.4, -0.2) is 26.6 Å². The Balaban J connectivity index is 2.53. The van der Waals surface area contributed by atoms with Gasteiger partial charge in [-0.3, -0.25) is 4.79 Å². The van der Waals surface area contributed by atoms with Crippen LogP contribution >= 0.6 is 0 Å². The van der Waals surface area contributed by atoms with Crippen molar-refractivity contribution < 1.29 is 9.53 Å². The number of benzene rings is 1. The van der Waals surface area contributed by atoms with E-state index in [9.17, 15) is 4.79 Å². The van der Waals surface area contributed by atoms with Gasteiger partial charge in [-0.05, 0) is 17.7 Å². The predicted octanol–water partition coefficient (Wildman–Crippen LogP) is 0.991. The molecule has 82 valence electrons. The van der Waals surface area contributed by atoms with Crippen molar-refractivity contribution in [2.75, 3.05) is 26.0 Å². The second kappa shape index (κ2) is 6.03. The highest BCUT2D eigenvalue weighted by Gasteiger charge is 1.98. The van der Waals surface area contributed by atoms with Gasteiger partial charge in [-0.1, -0.05) is 12.1 Å². The maximum Gasteiger partial charge on any atom is 0.239 e. The van der Waals surface area contributed by atoms with Gasteiger partial charge < -0.3 is 15.4 Å². The number of amides is 1. The Morgan fingerprint density at radius 3 is 2.93 bits per heavy atom. The van der Waals surface area contributed by atoms with Gasteiger partial charge in [-0.25, -0.2) is 0 Å². The summed E-state index contributed by atoms with van der Waals surface area (Å²) in [5, 5.41) is 5.58. The van der Waals surface area contributed by atoms with Crippen molar-refractivity contribution in [1.29, 1.82) is 0 Å². The van der Waals surface area contributed by atoms with Gasteiger partial charge in [0.2, 0.25) is 5.91 Å². The molecular weight excluding hydrogens is 192 g/mol. The Hall–Kier alpha value is -1.55. The lowest BCUT2D eigenvalue weighted by atomic mass is 10.2. The lowest BCUT2D eigenvalue weighted by Gasteiger charge is -2.07. The molecule has 0 aromatic heterocycles. The van der Waals surface area contributed by atoms with E-state index in [1.165, 1.54) is 0 Å². The lowest BCUT2D eigenvalue weighted by molar-refractivity contribution is -0.118. The zero-order chi connectivity index (χ0) is 11.1. The summed E-state index contributed by atoms with van der Waals surface area (Å²) in [7, 11) is 3.27. The average molecular weight is 208 g/mol. The molecule has 15 heavy (non-hydrogen) atoms. The maximum absolute atomic E-state index is 11.0. The van der Waals surface area contributed by atoms with Gasteiger partial charge in [0.1, 0.15) is 0 Å². The number of hydrogen-bond donors (Lipinski definition) is 2. The van der Waals surface area contributed by atoms with Crippen molar-refractivity contribution in [2.45, 2.75) is 6.61 Å². The molecule has 1 aromatic rings. The molecule has 2 N–H and O–H groups in total. The van der Waals surface area contributed by atoms with Crippen LogP contribution < -0.4 is 10.6 Å². The second-order valence-corrected chi connectivity index (χ2v) is 3.16. The number of rotatable bonds is 5. The number of carbonyl (C=O) groups is 1. The monoisotopic (exact) mass is 208 g/mol. The second-order valence-electron chi connectivity index (χ2n) is 3.16. The highest BCUT2D eigenvalue weighted by molar-refractivity contribution is 5.80. The van der Waals surface area contributed by atoms with E-state index in [0.717, 1.165) is 11.3 Å². The molecule has 0 unspecified atom stereocenters. The topological polar surface area (TPSA) is 50.4 Å². The van der Waals surface area contributed by atoms with Crippen molar-refractivity contribution in [1.82, 2.24) is 5.32 Å². The number of anilines is 1. The third kappa shape index (κ3) is 3.99. The van der Waals surface area contributed by atoms with Crippen molar-refractivity contribution in [3.63, 3.8) is 0 Å². The molecule has 0 radical (unpaired) electrons. The van der Waals surface area contributed by atoms with Crippen LogP contribution in [0.4, 0.5) is 5.69 Å². The molecule has 1 aromatic carbocycles. The van der Waals surface area contributed by atoms with Crippen LogP contribution in [0.2, 0.25) is 0 Å². The minimum atomic E-state index is -0.0351. The Morgan fingerprint density at radius 1 is 1.47 bits per heavy atom. The van der Waals surface area contributed by atoms with Crippen molar-refractivity contribution >= 4 is 11.6 Å². The van der Waals surface area contributed by atoms with Crippen molar-refractivity contribution in [3.8, 4) is 0 Å². The Morgan fingerprint density at radius 2 is 2.27 bits per heavy atom. The first-order valence-corrected chi connectivity index (χ1v) is 4.78. The van der Waals surface area contributed by atoms with Gasteiger partial charge in [0.25, 0.3) is 0 Å². The first kappa shape index (κ1) is 11.5. The van der Waals surface area contributed by atoms with Gasteiger partial charge in [-0.15, -0.1) is 0 Å². The standard InChI is InChI=1S/C11H16N2O2/c1-12-11(14)7-13-10-5-3-4-9(6-10)8-15-2/h3-6,13H,7-8H2,1-2H3,(H,12,14). The summed E-state index contributed by atoms with van der Waals surface area (Å²) >= 11 is 0. The Kier molecular flexibility index (Phi) is 4.63. The van der Waals surface area contributed by atoms with Crippen LogP contribution in [0.15, 0.2) is 24.3 Å². The van der Waals surface area contributed by atoms with E-state index >= 15 is 0 Å². The van der Waals surface area contributed by atoms with E-state index in [1.54, 1.807) is 14.2 Å². The van der Waals surface area contributed by atoms with Crippen LogP contribution in [0.5, 0.6) is 0 Å². The number of likely N-dealkylation sites (N-methyl/N-ethyl adjacent to an activating group) is 1. The van der Waals surface area contributed by atoms with E-state index in [4.69, 9.17) is 4.74 Å². The molecule has 0 aliphatic heterocycles. The van der Waals surface area contributed by atoms with Crippen LogP contribution in [0.25, 0.3) is 0 Å². The highest BCUT2D eigenvalue weighted by Crippen LogP contribution is 2.10. The van der Waals surface area contributed by atoms with Gasteiger partial charge in [0.15, 0.2) is 0 Å². The van der Waals surface area contributed by atoms with Crippen LogP contribution in [0, 0.1) is 0 Å². The van der Waals surface area contributed by atoms with Crippen molar-refractivity contribution in [3.05, 3.63) is 29.8 Å². The molecule has 4 heteroatoms. The summed E-state index contributed by atoms with van der Waals surface area (Å²) in [6, 6.07) is 7.80. The molecule has 4 nitrogen and oxygen atoms in total. The molecule has 0 atom stereocenters. The van der Waals surface area contributed by atoms with E-state index in [2.05, 4.69) is 10.6 Å². The Labute approximate surface area is 89.6 Å². The van der Waals surface area contributed by atoms with E-state index in [1.807, 2.05) is 24.3 Å². The van der Waals surface area contributed by atoms with Gasteiger partial charge >= 0.3 is 0 Å². The summed E-state index contributed by atoms with van der Waals surface area (Å²) in [4.78, 5) is 11.0. The summed E-state index contributed by atoms with van der Waals surface area (Å²) in [6.45, 7) is 0.864. The molecule has 0 saturated carbocycles. The molecular formula is C11H16N2O2. The first-order chi connectivity index (χ1) is 7.26. The van der Waals surface area contributed by atoms with Gasteiger partial charge in [-0.2, -0.15) is 0 Å². The third-order valence-electron chi connectivity index (χ3n) is 1.97. The molecule has 0 saturated heterocycles. The largest absolute Gasteiger partial charge is 0.380 e. The summed E-state index contributed by atoms with van der Waals surface area (Å²) in [5.41, 5.74) is 2.01.